The highest BCUT2D eigenvalue weighted by Crippen LogP contribution is 2.46. The Bertz CT molecular complexity index is 2810. The molecule has 0 saturated heterocycles. The number of rotatable bonds is 5. The highest BCUT2D eigenvalue weighted by atomic mass is 32.1. The predicted molar refractivity (Wildman–Crippen MR) is 211 cm³/mol. The molecule has 0 aliphatic carbocycles. The predicted octanol–water partition coefficient (Wildman–Crippen LogP) is 13.4. The van der Waals surface area contributed by atoms with Crippen molar-refractivity contribution < 1.29 is 0 Å². The minimum Gasteiger partial charge on any atom is -0.308 e. The van der Waals surface area contributed by atoms with Gasteiger partial charge in [0, 0.05) is 53.4 Å². The monoisotopic (exact) mass is 642 g/mol. The first-order valence-corrected chi connectivity index (χ1v) is 17.5. The van der Waals surface area contributed by atoms with Crippen LogP contribution in [0.1, 0.15) is 0 Å². The Hall–Kier alpha value is -6.16. The average molecular weight is 643 g/mol. The maximum atomic E-state index is 2.45. The maximum Gasteiger partial charge on any atom is 0.0782 e. The normalized spacial score (nSPS) is 11.7. The highest BCUT2D eigenvalue weighted by molar-refractivity contribution is 7.26. The molecule has 0 spiro atoms. The van der Waals surface area contributed by atoms with Crippen molar-refractivity contribution >= 4 is 81.1 Å². The molecule has 230 valence electrons. The fraction of sp³-hybridized carbons (Fsp3) is 0. The molecule has 0 aliphatic heterocycles. The number of thiophene rings is 1. The summed E-state index contributed by atoms with van der Waals surface area (Å²) in [6, 6.07) is 66.2. The number of nitrogens with zero attached hydrogens (tertiary/aromatic N) is 2. The van der Waals surface area contributed by atoms with Gasteiger partial charge in [0.25, 0.3) is 0 Å². The summed E-state index contributed by atoms with van der Waals surface area (Å²) < 4.78 is 5.08. The number of anilines is 3. The van der Waals surface area contributed by atoms with Crippen LogP contribution in [-0.4, -0.2) is 4.57 Å². The van der Waals surface area contributed by atoms with Crippen molar-refractivity contribution in [1.82, 2.24) is 4.57 Å². The molecule has 0 bridgehead atoms. The number of para-hydroxylation sites is 3. The summed E-state index contributed by atoms with van der Waals surface area (Å²) in [5.74, 6) is 0. The summed E-state index contributed by atoms with van der Waals surface area (Å²) in [6.07, 6.45) is 0. The summed E-state index contributed by atoms with van der Waals surface area (Å²) in [5, 5.41) is 7.64. The molecular weight excluding hydrogens is 613 g/mol. The minimum atomic E-state index is 1.11. The van der Waals surface area contributed by atoms with E-state index >= 15 is 0 Å². The van der Waals surface area contributed by atoms with E-state index in [0.29, 0.717) is 0 Å². The van der Waals surface area contributed by atoms with Crippen molar-refractivity contribution in [1.29, 1.82) is 0 Å². The molecule has 0 unspecified atom stereocenters. The van der Waals surface area contributed by atoms with E-state index in [9.17, 15) is 0 Å². The molecule has 0 N–H and O–H groups in total. The molecule has 10 rings (SSSR count). The Labute approximate surface area is 288 Å². The van der Waals surface area contributed by atoms with Gasteiger partial charge in [-0.15, -0.1) is 11.3 Å². The zero-order valence-electron chi connectivity index (χ0n) is 26.6. The van der Waals surface area contributed by atoms with E-state index in [1.807, 2.05) is 11.3 Å². The van der Waals surface area contributed by atoms with Crippen LogP contribution in [0.5, 0.6) is 0 Å². The first-order valence-electron chi connectivity index (χ1n) is 16.7. The molecule has 2 nitrogen and oxygen atoms in total. The molecule has 0 fully saturated rings. The number of fused-ring (bicyclic) bond motifs is 8. The Morgan fingerprint density at radius 2 is 1.08 bits per heavy atom. The summed E-state index contributed by atoms with van der Waals surface area (Å²) >= 11 is 1.89. The summed E-state index contributed by atoms with van der Waals surface area (Å²) in [7, 11) is 0. The van der Waals surface area contributed by atoms with Crippen molar-refractivity contribution in [3.05, 3.63) is 182 Å². The minimum absolute atomic E-state index is 1.11. The number of benzene rings is 8. The van der Waals surface area contributed by atoms with Crippen LogP contribution in [0.3, 0.4) is 0 Å². The summed E-state index contributed by atoms with van der Waals surface area (Å²) in [5.41, 5.74) is 9.31. The molecule has 0 amide bonds. The van der Waals surface area contributed by atoms with E-state index in [1.165, 1.54) is 63.9 Å². The first-order chi connectivity index (χ1) is 24.3. The van der Waals surface area contributed by atoms with E-state index in [1.54, 1.807) is 0 Å². The van der Waals surface area contributed by atoms with Gasteiger partial charge in [-0.1, -0.05) is 127 Å². The molecule has 0 aliphatic rings. The molecule has 2 heterocycles. The molecule has 0 atom stereocenters. The molecular formula is C46H30N2S. The van der Waals surface area contributed by atoms with Crippen LogP contribution >= 0.6 is 11.3 Å². The van der Waals surface area contributed by atoms with Gasteiger partial charge in [0.15, 0.2) is 0 Å². The third-order valence-corrected chi connectivity index (χ3v) is 11.0. The highest BCUT2D eigenvalue weighted by Gasteiger charge is 2.22. The van der Waals surface area contributed by atoms with Crippen LogP contribution in [0.2, 0.25) is 0 Å². The van der Waals surface area contributed by atoms with Gasteiger partial charge in [-0.05, 0) is 71.1 Å². The Morgan fingerprint density at radius 1 is 0.429 bits per heavy atom. The lowest BCUT2D eigenvalue weighted by atomic mass is 10.0. The first kappa shape index (κ1) is 27.9. The average Bonchev–Trinajstić information content (AvgIpc) is 3.73. The van der Waals surface area contributed by atoms with Crippen LogP contribution in [0.15, 0.2) is 182 Å². The van der Waals surface area contributed by atoms with E-state index in [0.717, 1.165) is 22.7 Å². The molecule has 0 radical (unpaired) electrons. The van der Waals surface area contributed by atoms with Crippen molar-refractivity contribution in [2.24, 2.45) is 0 Å². The van der Waals surface area contributed by atoms with Crippen molar-refractivity contribution in [3.8, 4) is 16.8 Å². The fourth-order valence-corrected chi connectivity index (χ4v) is 8.75. The second-order valence-corrected chi connectivity index (χ2v) is 13.6. The molecule has 2 aromatic heterocycles. The molecule has 8 aromatic carbocycles. The number of aromatic nitrogens is 1. The quantitative estimate of drug-likeness (QED) is 0.181. The van der Waals surface area contributed by atoms with Crippen LogP contribution < -0.4 is 4.90 Å². The third-order valence-electron chi connectivity index (χ3n) is 9.76. The van der Waals surface area contributed by atoms with Crippen LogP contribution in [0, 0.1) is 0 Å². The Kier molecular flexibility index (Phi) is 6.39. The van der Waals surface area contributed by atoms with Crippen molar-refractivity contribution in [3.63, 3.8) is 0 Å². The fourth-order valence-electron chi connectivity index (χ4n) is 7.52. The van der Waals surface area contributed by atoms with Gasteiger partial charge in [-0.25, -0.2) is 0 Å². The Balaban J connectivity index is 1.27. The van der Waals surface area contributed by atoms with E-state index < -0.39 is 0 Å². The standard InChI is InChI=1S/C46H30N2S/c1-3-12-31(13-4-1)32-22-26-35(27-23-32)47(36-28-24-33-25-29-40-38-17-8-10-21-44(38)49-46(40)41(33)30-36)43-20-11-18-39-37-16-7-9-19-42(37)48(45(39)43)34-14-5-2-6-15-34/h1-30H. The van der Waals surface area contributed by atoms with E-state index in [2.05, 4.69) is 191 Å². The van der Waals surface area contributed by atoms with Crippen molar-refractivity contribution in [2.75, 3.05) is 4.90 Å². The lowest BCUT2D eigenvalue weighted by Crippen LogP contribution is -2.11. The topological polar surface area (TPSA) is 8.17 Å². The zero-order chi connectivity index (χ0) is 32.3. The van der Waals surface area contributed by atoms with Crippen molar-refractivity contribution in [2.45, 2.75) is 0 Å². The molecule has 10 aromatic rings. The zero-order valence-corrected chi connectivity index (χ0v) is 27.4. The van der Waals surface area contributed by atoms with Gasteiger partial charge in [0.2, 0.25) is 0 Å². The second kappa shape index (κ2) is 11.2. The molecule has 0 saturated carbocycles. The van der Waals surface area contributed by atoms with Gasteiger partial charge < -0.3 is 9.47 Å². The SMILES string of the molecule is c1ccc(-c2ccc(N(c3ccc4ccc5c6ccccc6sc5c4c3)c3cccc4c5ccccc5n(-c5ccccc5)c34)cc2)cc1. The summed E-state index contributed by atoms with van der Waals surface area (Å²) in [6.45, 7) is 0. The van der Waals surface area contributed by atoms with Gasteiger partial charge in [-0.2, -0.15) is 0 Å². The maximum absolute atomic E-state index is 2.45. The van der Waals surface area contributed by atoms with Crippen LogP contribution in [0.4, 0.5) is 17.1 Å². The second-order valence-electron chi connectivity index (χ2n) is 12.6. The van der Waals surface area contributed by atoms with Gasteiger partial charge >= 0.3 is 0 Å². The molecule has 49 heavy (non-hydrogen) atoms. The lowest BCUT2D eigenvalue weighted by molar-refractivity contribution is 1.17. The lowest BCUT2D eigenvalue weighted by Gasteiger charge is -2.27. The van der Waals surface area contributed by atoms with Gasteiger partial charge in [-0.3, -0.25) is 0 Å². The molecule has 3 heteroatoms. The largest absolute Gasteiger partial charge is 0.308 e. The third kappa shape index (κ3) is 4.47. The number of hydrogen-bond acceptors (Lipinski definition) is 2. The van der Waals surface area contributed by atoms with E-state index in [-0.39, 0.29) is 0 Å². The summed E-state index contributed by atoms with van der Waals surface area (Å²) in [4.78, 5) is 2.45. The van der Waals surface area contributed by atoms with E-state index in [4.69, 9.17) is 0 Å². The van der Waals surface area contributed by atoms with Crippen LogP contribution in [0.25, 0.3) is 69.6 Å². The smallest absolute Gasteiger partial charge is 0.0782 e. The Morgan fingerprint density at radius 3 is 1.92 bits per heavy atom. The number of hydrogen-bond donors (Lipinski definition) is 0. The van der Waals surface area contributed by atoms with Gasteiger partial charge in [0.1, 0.15) is 0 Å². The van der Waals surface area contributed by atoms with Gasteiger partial charge in [0.05, 0.1) is 16.7 Å². The van der Waals surface area contributed by atoms with Crippen LogP contribution in [-0.2, 0) is 0 Å².